The Hall–Kier alpha value is -3.29. The maximum absolute atomic E-state index is 5.98. The molecule has 8 rings (SSSR count). The van der Waals surface area contributed by atoms with E-state index in [1.807, 2.05) is 48.6 Å². The Bertz CT molecular complexity index is 2160. The summed E-state index contributed by atoms with van der Waals surface area (Å²) in [6.07, 6.45) is 10.9. The first-order chi connectivity index (χ1) is 25.8. The van der Waals surface area contributed by atoms with Gasteiger partial charge in [0.25, 0.3) is 0 Å². The number of allylic oxidation sites excluding steroid dienone is 4. The molecule has 6 aromatic carbocycles. The van der Waals surface area contributed by atoms with E-state index in [9.17, 15) is 0 Å². The van der Waals surface area contributed by atoms with E-state index in [0.29, 0.717) is 0 Å². The quantitative estimate of drug-likeness (QED) is 0.156. The third-order valence-electron chi connectivity index (χ3n) is 9.64. The molecule has 0 fully saturated rings. The topological polar surface area (TPSA) is 0 Å². The standard InChI is InChI=1S/C33H33.C13H8Cl2.C5H5.2ClH.Zr/c1-32(2,3)30-20-26-24(18-28(30)22-13-9-7-10-14-22)17-25-19-29(23-15-11-8-12-16-23)31(21-27(25)26)33(4,5)6;14-12-5-1-3-10(8-12)7-11-4-2-6-13(15)9-11;1-2-4-5-3-1;;;/h7-16,18,20-21H,17H2,1-6H3;1-6,8-9H;1-3H,4H2;2*1H;/q-1;;-1;;;+2/p-2. The van der Waals surface area contributed by atoms with E-state index in [4.69, 9.17) is 23.2 Å². The molecule has 0 aromatic heterocycles. The van der Waals surface area contributed by atoms with Gasteiger partial charge in [-0.2, -0.15) is 6.08 Å². The van der Waals surface area contributed by atoms with Crippen LogP contribution in [0, 0.1) is 12.1 Å². The van der Waals surface area contributed by atoms with Gasteiger partial charge in [-0.05, 0) is 39.5 Å². The van der Waals surface area contributed by atoms with Gasteiger partial charge in [-0.25, -0.2) is 12.2 Å². The van der Waals surface area contributed by atoms with Gasteiger partial charge in [-0.15, -0.1) is 35.2 Å². The van der Waals surface area contributed by atoms with E-state index in [2.05, 4.69) is 151 Å². The molecular formula is C51H46Cl4Zr-2. The third kappa shape index (κ3) is 11.2. The number of halogens is 4. The molecule has 0 saturated carbocycles. The second-order valence-electron chi connectivity index (χ2n) is 15.8. The Morgan fingerprint density at radius 3 is 1.59 bits per heavy atom. The second kappa shape index (κ2) is 19.9. The summed E-state index contributed by atoms with van der Waals surface area (Å²) in [5, 5.41) is 1.53. The van der Waals surface area contributed by atoms with Crippen molar-refractivity contribution in [1.82, 2.24) is 0 Å². The summed E-state index contributed by atoms with van der Waals surface area (Å²) in [4.78, 5) is 0. The van der Waals surface area contributed by atoms with Gasteiger partial charge in [-0.3, -0.25) is 6.08 Å². The van der Waals surface area contributed by atoms with E-state index in [-0.39, 0.29) is 35.6 Å². The minimum Gasteiger partial charge on any atom is -1.00 e. The molecule has 0 unspecified atom stereocenters. The van der Waals surface area contributed by atoms with Gasteiger partial charge >= 0.3 is 120 Å². The Balaban J connectivity index is 0.000000252. The van der Waals surface area contributed by atoms with Crippen LogP contribution in [0.25, 0.3) is 33.4 Å². The first kappa shape index (κ1) is 45.4. The smallest absolute Gasteiger partial charge is 0.109 e. The number of hydrogen-bond acceptors (Lipinski definition) is 0. The van der Waals surface area contributed by atoms with Crippen LogP contribution < -0.4 is 24.8 Å². The number of rotatable bonds is 4. The van der Waals surface area contributed by atoms with E-state index in [1.54, 1.807) is 0 Å². The van der Waals surface area contributed by atoms with Crippen LogP contribution in [-0.2, 0) is 41.5 Å². The fourth-order valence-corrected chi connectivity index (χ4v) is 8.04. The zero-order valence-corrected chi connectivity index (χ0v) is 38.3. The SMILES string of the molecule is CC(C)(C)c1cc2c([c-]c1-c1ccccc1)Cc1cc(-c3ccccc3)c(C(C)(C)C)cc1-2.Clc1cccc([C](=[Zr+2])c2cccc(Cl)c2)c1.[C-]1=CC=CC1.[Cl-].[Cl-]. The molecule has 56 heavy (non-hydrogen) atoms. The molecule has 5 heteroatoms. The van der Waals surface area contributed by atoms with Gasteiger partial charge in [0.05, 0.1) is 0 Å². The van der Waals surface area contributed by atoms with Crippen molar-refractivity contribution in [2.75, 3.05) is 0 Å². The van der Waals surface area contributed by atoms with Gasteiger partial charge in [-0.1, -0.05) is 131 Å². The molecule has 6 aromatic rings. The molecule has 0 bridgehead atoms. The van der Waals surface area contributed by atoms with Crippen LogP contribution in [0.5, 0.6) is 0 Å². The first-order valence-electron chi connectivity index (χ1n) is 18.5. The number of fused-ring (bicyclic) bond motifs is 3. The van der Waals surface area contributed by atoms with Crippen LogP contribution >= 0.6 is 23.2 Å². The van der Waals surface area contributed by atoms with Crippen molar-refractivity contribution in [1.29, 1.82) is 0 Å². The molecule has 0 aliphatic heterocycles. The van der Waals surface area contributed by atoms with Crippen LogP contribution in [0.3, 0.4) is 0 Å². The van der Waals surface area contributed by atoms with E-state index in [0.717, 1.165) is 34.0 Å². The number of benzene rings is 6. The predicted octanol–water partition coefficient (Wildman–Crippen LogP) is 8.41. The largest absolute Gasteiger partial charge is 1.00 e. The van der Waals surface area contributed by atoms with Crippen molar-refractivity contribution in [3.63, 3.8) is 0 Å². The van der Waals surface area contributed by atoms with Crippen LogP contribution in [0.2, 0.25) is 10.0 Å². The third-order valence-corrected chi connectivity index (χ3v) is 11.5. The van der Waals surface area contributed by atoms with Crippen molar-refractivity contribution < 1.29 is 49.0 Å². The van der Waals surface area contributed by atoms with Crippen molar-refractivity contribution in [3.8, 4) is 33.4 Å². The Morgan fingerprint density at radius 2 is 1.12 bits per heavy atom. The van der Waals surface area contributed by atoms with Crippen LogP contribution in [0.15, 0.2) is 146 Å². The summed E-state index contributed by atoms with van der Waals surface area (Å²) in [6.45, 7) is 13.9. The molecule has 0 spiro atoms. The molecular weight excluding hydrogens is 846 g/mol. The zero-order chi connectivity index (χ0) is 38.5. The van der Waals surface area contributed by atoms with E-state index >= 15 is 0 Å². The summed E-state index contributed by atoms with van der Waals surface area (Å²) in [7, 11) is 0. The van der Waals surface area contributed by atoms with Gasteiger partial charge in [0, 0.05) is 0 Å². The van der Waals surface area contributed by atoms with Gasteiger partial charge in [0.15, 0.2) is 0 Å². The van der Waals surface area contributed by atoms with Crippen molar-refractivity contribution >= 4 is 26.4 Å². The zero-order valence-electron chi connectivity index (χ0n) is 32.8. The Kier molecular flexibility index (Phi) is 16.2. The van der Waals surface area contributed by atoms with Crippen LogP contribution in [-0.4, -0.2) is 3.21 Å². The Morgan fingerprint density at radius 1 is 0.589 bits per heavy atom. The van der Waals surface area contributed by atoms with Crippen molar-refractivity contribution in [2.45, 2.75) is 65.2 Å². The summed E-state index contributed by atoms with van der Waals surface area (Å²) in [6, 6.07) is 48.6. The predicted molar refractivity (Wildman–Crippen MR) is 229 cm³/mol. The van der Waals surface area contributed by atoms with Crippen LogP contribution in [0.1, 0.15) is 81.3 Å². The summed E-state index contributed by atoms with van der Waals surface area (Å²) >= 11 is 13.3. The molecule has 2 aliphatic rings. The molecule has 0 radical (unpaired) electrons. The van der Waals surface area contributed by atoms with Crippen molar-refractivity contribution in [2.24, 2.45) is 0 Å². The second-order valence-corrected chi connectivity index (χ2v) is 17.9. The average molecular weight is 892 g/mol. The maximum Gasteiger partial charge on any atom is -0.109 e. The van der Waals surface area contributed by atoms with Gasteiger partial charge in [0.2, 0.25) is 0 Å². The van der Waals surface area contributed by atoms with E-state index < -0.39 is 0 Å². The maximum atomic E-state index is 5.98. The fraction of sp³-hybridized carbons (Fsp3) is 0.196. The summed E-state index contributed by atoms with van der Waals surface area (Å²) in [5.41, 5.74) is 15.8. The monoisotopic (exact) mass is 888 g/mol. The number of hydrogen-bond donors (Lipinski definition) is 0. The minimum absolute atomic E-state index is 0. The van der Waals surface area contributed by atoms with Crippen LogP contribution in [0.4, 0.5) is 0 Å². The normalized spacial score (nSPS) is 12.2. The molecule has 0 heterocycles. The van der Waals surface area contributed by atoms with E-state index in [1.165, 1.54) is 83.1 Å². The van der Waals surface area contributed by atoms with Crippen molar-refractivity contribution in [3.05, 3.63) is 201 Å². The van der Waals surface area contributed by atoms with Gasteiger partial charge < -0.3 is 24.8 Å². The summed E-state index contributed by atoms with van der Waals surface area (Å²) < 4.78 is 1.26. The van der Waals surface area contributed by atoms with Gasteiger partial charge in [0.1, 0.15) is 0 Å². The molecule has 0 nitrogen and oxygen atoms in total. The molecule has 2 aliphatic carbocycles. The average Bonchev–Trinajstić information content (AvgIpc) is 3.86. The first-order valence-corrected chi connectivity index (χ1v) is 20.5. The molecule has 284 valence electrons. The fourth-order valence-electron chi connectivity index (χ4n) is 6.90. The molecule has 0 atom stereocenters. The molecule has 0 N–H and O–H groups in total. The molecule has 0 saturated heterocycles. The Labute approximate surface area is 372 Å². The minimum atomic E-state index is 0. The molecule has 0 amide bonds. The summed E-state index contributed by atoms with van der Waals surface area (Å²) in [5.74, 6) is 0.